The van der Waals surface area contributed by atoms with Crippen molar-refractivity contribution in [1.82, 2.24) is 4.98 Å². The van der Waals surface area contributed by atoms with Gasteiger partial charge in [-0.2, -0.15) is 5.26 Å². The summed E-state index contributed by atoms with van der Waals surface area (Å²) in [6, 6.07) is 10.0. The van der Waals surface area contributed by atoms with Crippen molar-refractivity contribution in [2.75, 3.05) is 5.73 Å². The van der Waals surface area contributed by atoms with E-state index in [0.717, 1.165) is 42.5 Å². The highest BCUT2D eigenvalue weighted by atomic mass is 35.5. The molecule has 0 saturated carbocycles. The van der Waals surface area contributed by atoms with Crippen LogP contribution in [0.3, 0.4) is 0 Å². The van der Waals surface area contributed by atoms with E-state index in [0.29, 0.717) is 16.4 Å². The number of benzene rings is 1. The first kappa shape index (κ1) is 18.7. The summed E-state index contributed by atoms with van der Waals surface area (Å²) in [7, 11) is 0. The van der Waals surface area contributed by atoms with E-state index in [9.17, 15) is 5.26 Å². The van der Waals surface area contributed by atoms with Gasteiger partial charge in [-0.3, -0.25) is 0 Å². The Morgan fingerprint density at radius 2 is 1.62 bits per heavy atom. The molecule has 0 radical (unpaired) electrons. The molecule has 0 fully saturated rings. The third-order valence-corrected chi connectivity index (χ3v) is 5.46. The van der Waals surface area contributed by atoms with Crippen molar-refractivity contribution in [1.29, 1.82) is 5.26 Å². The molecule has 3 rings (SSSR count). The molecular formula is C22H26ClN3. The maximum absolute atomic E-state index is 9.74. The molecule has 1 aliphatic rings. The monoisotopic (exact) mass is 367 g/mol. The minimum atomic E-state index is 0.341. The van der Waals surface area contributed by atoms with E-state index in [2.05, 4.69) is 11.1 Å². The normalized spacial score (nSPS) is 16.0. The number of fused-ring (bicyclic) bond motifs is 1. The molecule has 26 heavy (non-hydrogen) atoms. The second kappa shape index (κ2) is 9.05. The molecule has 0 saturated heterocycles. The summed E-state index contributed by atoms with van der Waals surface area (Å²) in [5.74, 6) is 0.341. The van der Waals surface area contributed by atoms with Crippen LogP contribution in [0.15, 0.2) is 24.3 Å². The number of nitriles is 1. The van der Waals surface area contributed by atoms with E-state index < -0.39 is 0 Å². The highest BCUT2D eigenvalue weighted by Gasteiger charge is 2.20. The van der Waals surface area contributed by atoms with Gasteiger partial charge in [-0.05, 0) is 48.9 Å². The van der Waals surface area contributed by atoms with Crippen molar-refractivity contribution in [2.24, 2.45) is 0 Å². The lowest BCUT2D eigenvalue weighted by Crippen LogP contribution is -2.09. The number of rotatable bonds is 1. The van der Waals surface area contributed by atoms with Crippen LogP contribution in [0.5, 0.6) is 0 Å². The number of aryl methyl sites for hydroxylation is 1. The number of hydrogen-bond donors (Lipinski definition) is 1. The lowest BCUT2D eigenvalue weighted by molar-refractivity contribution is 0.557. The molecule has 0 aliphatic heterocycles. The number of nitrogens with two attached hydrogens (primary N) is 1. The Balaban J connectivity index is 2.12. The van der Waals surface area contributed by atoms with E-state index in [1.165, 1.54) is 44.1 Å². The zero-order chi connectivity index (χ0) is 18.4. The van der Waals surface area contributed by atoms with Gasteiger partial charge in [0.25, 0.3) is 0 Å². The Kier molecular flexibility index (Phi) is 6.52. The highest BCUT2D eigenvalue weighted by Crippen LogP contribution is 2.35. The molecule has 1 aromatic heterocycles. The number of nitrogen functional groups attached to an aromatic ring is 1. The molecule has 1 aromatic carbocycles. The summed E-state index contributed by atoms with van der Waals surface area (Å²) < 4.78 is 0. The highest BCUT2D eigenvalue weighted by molar-refractivity contribution is 6.30. The minimum absolute atomic E-state index is 0.341. The predicted octanol–water partition coefficient (Wildman–Crippen LogP) is 6.08. The Morgan fingerprint density at radius 3 is 2.27 bits per heavy atom. The van der Waals surface area contributed by atoms with Crippen LogP contribution in [0.1, 0.15) is 68.2 Å². The number of nitrogens with zero attached hydrogens (tertiary/aromatic N) is 2. The number of aromatic nitrogens is 1. The molecule has 1 heterocycles. The Bertz CT molecular complexity index is 808. The van der Waals surface area contributed by atoms with Crippen LogP contribution in [0.2, 0.25) is 5.02 Å². The Hall–Kier alpha value is -2.05. The van der Waals surface area contributed by atoms with Gasteiger partial charge in [0.2, 0.25) is 0 Å². The van der Waals surface area contributed by atoms with Gasteiger partial charge in [-0.25, -0.2) is 4.98 Å². The Morgan fingerprint density at radius 1 is 0.962 bits per heavy atom. The maximum atomic E-state index is 9.74. The van der Waals surface area contributed by atoms with Crippen molar-refractivity contribution in [2.45, 2.75) is 64.2 Å². The number of anilines is 1. The van der Waals surface area contributed by atoms with Crippen molar-refractivity contribution >= 4 is 17.4 Å². The first-order valence-corrected chi connectivity index (χ1v) is 10.1. The maximum Gasteiger partial charge on any atom is 0.142 e. The Labute approximate surface area is 161 Å². The van der Waals surface area contributed by atoms with Gasteiger partial charge in [0.15, 0.2) is 0 Å². The SMILES string of the molecule is N#Cc1c(N)nc2c(c1-c1cccc(Cl)c1)CCCCCCCCCC2. The van der Waals surface area contributed by atoms with Crippen molar-refractivity contribution in [3.05, 3.63) is 46.1 Å². The fourth-order valence-electron chi connectivity index (χ4n) is 3.90. The first-order chi connectivity index (χ1) is 12.7. The third-order valence-electron chi connectivity index (χ3n) is 5.23. The smallest absolute Gasteiger partial charge is 0.142 e. The third kappa shape index (κ3) is 4.37. The second-order valence-corrected chi connectivity index (χ2v) is 7.56. The zero-order valence-electron chi connectivity index (χ0n) is 15.2. The van der Waals surface area contributed by atoms with Gasteiger partial charge in [0, 0.05) is 16.3 Å². The van der Waals surface area contributed by atoms with Crippen LogP contribution < -0.4 is 5.73 Å². The molecule has 0 unspecified atom stereocenters. The quantitative estimate of drug-likeness (QED) is 0.664. The van der Waals surface area contributed by atoms with Crippen molar-refractivity contribution in [3.63, 3.8) is 0 Å². The van der Waals surface area contributed by atoms with Gasteiger partial charge in [-0.15, -0.1) is 0 Å². The van der Waals surface area contributed by atoms with Gasteiger partial charge in [0.05, 0.1) is 0 Å². The lowest BCUT2D eigenvalue weighted by atomic mass is 9.89. The second-order valence-electron chi connectivity index (χ2n) is 7.12. The van der Waals surface area contributed by atoms with Crippen molar-refractivity contribution < 1.29 is 0 Å². The van der Waals surface area contributed by atoms with Crippen molar-refractivity contribution in [3.8, 4) is 17.2 Å². The molecular weight excluding hydrogens is 342 g/mol. The number of halogens is 1. The van der Waals surface area contributed by atoms with Crippen LogP contribution in [-0.2, 0) is 12.8 Å². The molecule has 0 bridgehead atoms. The molecule has 2 aromatic rings. The molecule has 136 valence electrons. The molecule has 4 heteroatoms. The summed E-state index contributed by atoms with van der Waals surface area (Å²) in [6.07, 6.45) is 11.8. The van der Waals surface area contributed by atoms with E-state index in [1.54, 1.807) is 0 Å². The summed E-state index contributed by atoms with van der Waals surface area (Å²) >= 11 is 6.23. The average molecular weight is 368 g/mol. The fraction of sp³-hybridized carbons (Fsp3) is 0.455. The van der Waals surface area contributed by atoms with Gasteiger partial charge >= 0.3 is 0 Å². The zero-order valence-corrected chi connectivity index (χ0v) is 16.0. The molecule has 2 N–H and O–H groups in total. The van der Waals surface area contributed by atoms with Crippen LogP contribution in [-0.4, -0.2) is 4.98 Å². The fourth-order valence-corrected chi connectivity index (χ4v) is 4.09. The average Bonchev–Trinajstić information content (AvgIpc) is 2.62. The van der Waals surface area contributed by atoms with E-state index in [-0.39, 0.29) is 0 Å². The van der Waals surface area contributed by atoms with E-state index >= 15 is 0 Å². The van der Waals surface area contributed by atoms with Gasteiger partial charge in [-0.1, -0.05) is 62.3 Å². The van der Waals surface area contributed by atoms with Gasteiger partial charge in [0.1, 0.15) is 17.5 Å². The number of pyridine rings is 1. The van der Waals surface area contributed by atoms with E-state index in [4.69, 9.17) is 17.3 Å². The van der Waals surface area contributed by atoms with Crippen LogP contribution >= 0.6 is 11.6 Å². The molecule has 0 spiro atoms. The largest absolute Gasteiger partial charge is 0.383 e. The lowest BCUT2D eigenvalue weighted by Gasteiger charge is -2.18. The molecule has 1 aliphatic carbocycles. The predicted molar refractivity (Wildman–Crippen MR) is 108 cm³/mol. The summed E-state index contributed by atoms with van der Waals surface area (Å²) in [5.41, 5.74) is 10.8. The van der Waals surface area contributed by atoms with Crippen LogP contribution in [0, 0.1) is 11.3 Å². The summed E-state index contributed by atoms with van der Waals surface area (Å²) in [5, 5.41) is 10.4. The summed E-state index contributed by atoms with van der Waals surface area (Å²) in [4.78, 5) is 4.64. The van der Waals surface area contributed by atoms with Crippen LogP contribution in [0.25, 0.3) is 11.1 Å². The summed E-state index contributed by atoms with van der Waals surface area (Å²) in [6.45, 7) is 0. The molecule has 3 nitrogen and oxygen atoms in total. The number of hydrogen-bond acceptors (Lipinski definition) is 3. The minimum Gasteiger partial charge on any atom is -0.383 e. The first-order valence-electron chi connectivity index (χ1n) is 9.68. The standard InChI is InChI=1S/C22H26ClN3/c23-17-11-9-10-16(14-17)21-18-12-7-5-3-1-2-4-6-8-13-20(18)26-22(25)19(21)15-24/h9-11,14H,1-8,12-13H2,(H2,25,26). The van der Waals surface area contributed by atoms with Crippen LogP contribution in [0.4, 0.5) is 5.82 Å². The topological polar surface area (TPSA) is 62.7 Å². The molecule has 0 amide bonds. The van der Waals surface area contributed by atoms with Gasteiger partial charge < -0.3 is 5.73 Å². The molecule has 0 atom stereocenters. The van der Waals surface area contributed by atoms with E-state index in [1.807, 2.05) is 24.3 Å².